The van der Waals surface area contributed by atoms with Crippen molar-refractivity contribution in [3.8, 4) is 0 Å². The first-order chi connectivity index (χ1) is 8.21. The molecule has 0 aromatic carbocycles. The minimum atomic E-state index is 0.648. The van der Waals surface area contributed by atoms with Crippen molar-refractivity contribution < 1.29 is 0 Å². The highest BCUT2D eigenvalue weighted by molar-refractivity contribution is 5.04. The van der Waals surface area contributed by atoms with Crippen LogP contribution < -0.4 is 5.32 Å². The number of aromatic nitrogens is 2. The summed E-state index contributed by atoms with van der Waals surface area (Å²) in [7, 11) is 1.98. The molecule has 1 rings (SSSR count). The Balaban J connectivity index is 2.48. The first-order valence-electron chi connectivity index (χ1n) is 6.92. The molecule has 0 aliphatic rings. The lowest BCUT2D eigenvalue weighted by Gasteiger charge is -2.26. The molecule has 0 amide bonds. The summed E-state index contributed by atoms with van der Waals surface area (Å²) in [6.07, 6.45) is 8.97. The Hall–Kier alpha value is -0.830. The summed E-state index contributed by atoms with van der Waals surface area (Å²) in [5.41, 5.74) is 1.35. The molecule has 0 aliphatic carbocycles. The molecule has 0 aliphatic heterocycles. The first kappa shape index (κ1) is 14.2. The van der Waals surface area contributed by atoms with Crippen LogP contribution in [-0.2, 0) is 13.5 Å². The normalized spacial score (nSPS) is 13.2. The van der Waals surface area contributed by atoms with Gasteiger partial charge >= 0.3 is 0 Å². The van der Waals surface area contributed by atoms with Crippen LogP contribution in [0.1, 0.15) is 45.6 Å². The fourth-order valence-corrected chi connectivity index (χ4v) is 2.55. The summed E-state index contributed by atoms with van der Waals surface area (Å²) in [6, 6.07) is 0.648. The Morgan fingerprint density at radius 2 is 2.00 bits per heavy atom. The highest BCUT2D eigenvalue weighted by Gasteiger charge is 2.17. The van der Waals surface area contributed by atoms with Crippen molar-refractivity contribution in [2.45, 2.75) is 52.5 Å². The van der Waals surface area contributed by atoms with Crippen LogP contribution in [0.15, 0.2) is 12.4 Å². The number of rotatable bonds is 8. The molecular formula is C14H27N3. The third-order valence-electron chi connectivity index (χ3n) is 3.59. The molecule has 17 heavy (non-hydrogen) atoms. The summed E-state index contributed by atoms with van der Waals surface area (Å²) < 4.78 is 1.88. The van der Waals surface area contributed by atoms with Crippen LogP contribution in [0.25, 0.3) is 0 Å². The summed E-state index contributed by atoms with van der Waals surface area (Å²) in [6.45, 7) is 7.85. The van der Waals surface area contributed by atoms with E-state index in [0.717, 1.165) is 18.9 Å². The maximum Gasteiger partial charge on any atom is 0.0521 e. The molecule has 0 fully saturated rings. The fraction of sp³-hybridized carbons (Fsp3) is 0.786. The number of aryl methyl sites for hydroxylation is 2. The Morgan fingerprint density at radius 3 is 2.47 bits per heavy atom. The molecule has 0 saturated heterocycles. The Labute approximate surface area is 106 Å². The Bertz CT molecular complexity index is 302. The zero-order valence-electron chi connectivity index (χ0n) is 11.7. The van der Waals surface area contributed by atoms with Gasteiger partial charge in [-0.3, -0.25) is 4.68 Å². The van der Waals surface area contributed by atoms with Gasteiger partial charge in [0, 0.05) is 19.3 Å². The van der Waals surface area contributed by atoms with E-state index in [-0.39, 0.29) is 0 Å². The SMILES string of the molecule is CCNC(CCc1cnn(C)c1)C(CC)CC. The molecule has 0 saturated carbocycles. The van der Waals surface area contributed by atoms with Crippen molar-refractivity contribution in [3.63, 3.8) is 0 Å². The zero-order chi connectivity index (χ0) is 12.7. The van der Waals surface area contributed by atoms with E-state index in [1.165, 1.54) is 24.8 Å². The fourth-order valence-electron chi connectivity index (χ4n) is 2.55. The minimum Gasteiger partial charge on any atom is -0.314 e. The number of nitrogens with zero attached hydrogens (tertiary/aromatic N) is 2. The van der Waals surface area contributed by atoms with Crippen LogP contribution in [0.2, 0.25) is 0 Å². The van der Waals surface area contributed by atoms with E-state index in [1.54, 1.807) is 0 Å². The van der Waals surface area contributed by atoms with Gasteiger partial charge in [0.25, 0.3) is 0 Å². The molecule has 0 spiro atoms. The second-order valence-corrected chi connectivity index (χ2v) is 4.80. The third-order valence-corrected chi connectivity index (χ3v) is 3.59. The average Bonchev–Trinajstić information content (AvgIpc) is 2.73. The molecule has 1 aromatic heterocycles. The van der Waals surface area contributed by atoms with Gasteiger partial charge in [-0.15, -0.1) is 0 Å². The quantitative estimate of drug-likeness (QED) is 0.753. The molecule has 1 atom stereocenters. The van der Waals surface area contributed by atoms with Crippen molar-refractivity contribution in [3.05, 3.63) is 18.0 Å². The lowest BCUT2D eigenvalue weighted by Crippen LogP contribution is -2.36. The second kappa shape index (κ2) is 7.49. The van der Waals surface area contributed by atoms with Crippen molar-refractivity contribution in [2.75, 3.05) is 6.54 Å². The summed E-state index contributed by atoms with van der Waals surface area (Å²) in [5.74, 6) is 0.798. The molecule has 1 aromatic rings. The molecule has 0 radical (unpaired) electrons. The van der Waals surface area contributed by atoms with Crippen LogP contribution in [0.5, 0.6) is 0 Å². The van der Waals surface area contributed by atoms with Crippen LogP contribution in [0.3, 0.4) is 0 Å². The van der Waals surface area contributed by atoms with Gasteiger partial charge in [-0.25, -0.2) is 0 Å². The highest BCUT2D eigenvalue weighted by atomic mass is 15.2. The van der Waals surface area contributed by atoms with E-state index in [1.807, 2.05) is 17.9 Å². The Kier molecular flexibility index (Phi) is 6.27. The van der Waals surface area contributed by atoms with E-state index in [9.17, 15) is 0 Å². The van der Waals surface area contributed by atoms with Gasteiger partial charge in [0.05, 0.1) is 6.20 Å². The van der Waals surface area contributed by atoms with Gasteiger partial charge in [0.2, 0.25) is 0 Å². The smallest absolute Gasteiger partial charge is 0.0521 e. The first-order valence-corrected chi connectivity index (χ1v) is 6.92. The summed E-state index contributed by atoms with van der Waals surface area (Å²) in [5, 5.41) is 7.86. The van der Waals surface area contributed by atoms with Gasteiger partial charge in [-0.2, -0.15) is 5.10 Å². The molecule has 1 heterocycles. The van der Waals surface area contributed by atoms with E-state index < -0.39 is 0 Å². The van der Waals surface area contributed by atoms with Gasteiger partial charge in [-0.1, -0.05) is 33.6 Å². The minimum absolute atomic E-state index is 0.648. The van der Waals surface area contributed by atoms with Gasteiger partial charge in [0.15, 0.2) is 0 Å². The lowest BCUT2D eigenvalue weighted by molar-refractivity contribution is 0.322. The largest absolute Gasteiger partial charge is 0.314 e. The highest BCUT2D eigenvalue weighted by Crippen LogP contribution is 2.17. The Morgan fingerprint density at radius 1 is 1.29 bits per heavy atom. The molecule has 1 N–H and O–H groups in total. The van der Waals surface area contributed by atoms with Crippen LogP contribution in [0.4, 0.5) is 0 Å². The standard InChI is InChI=1S/C14H27N3/c1-5-13(6-2)14(15-7-3)9-8-12-10-16-17(4)11-12/h10-11,13-15H,5-9H2,1-4H3. The van der Waals surface area contributed by atoms with E-state index in [2.05, 4.69) is 37.4 Å². The van der Waals surface area contributed by atoms with E-state index in [0.29, 0.717) is 6.04 Å². The number of nitrogens with one attached hydrogen (secondary N) is 1. The van der Waals surface area contributed by atoms with Crippen LogP contribution in [0, 0.1) is 5.92 Å². The van der Waals surface area contributed by atoms with Gasteiger partial charge < -0.3 is 5.32 Å². The monoisotopic (exact) mass is 237 g/mol. The van der Waals surface area contributed by atoms with E-state index in [4.69, 9.17) is 0 Å². The van der Waals surface area contributed by atoms with Gasteiger partial charge in [0.1, 0.15) is 0 Å². The second-order valence-electron chi connectivity index (χ2n) is 4.80. The molecule has 0 bridgehead atoms. The number of hydrogen-bond acceptors (Lipinski definition) is 2. The van der Waals surface area contributed by atoms with Crippen molar-refractivity contribution >= 4 is 0 Å². The third kappa shape index (κ3) is 4.50. The molecule has 3 heteroatoms. The molecule has 1 unspecified atom stereocenters. The topological polar surface area (TPSA) is 29.9 Å². The predicted octanol–water partition coefficient (Wildman–Crippen LogP) is 2.77. The summed E-state index contributed by atoms with van der Waals surface area (Å²) in [4.78, 5) is 0. The van der Waals surface area contributed by atoms with Crippen LogP contribution >= 0.6 is 0 Å². The average molecular weight is 237 g/mol. The maximum atomic E-state index is 4.22. The summed E-state index contributed by atoms with van der Waals surface area (Å²) >= 11 is 0. The molecule has 98 valence electrons. The van der Waals surface area contributed by atoms with E-state index >= 15 is 0 Å². The lowest BCUT2D eigenvalue weighted by atomic mass is 9.90. The van der Waals surface area contributed by atoms with Gasteiger partial charge in [-0.05, 0) is 30.9 Å². The molecule has 3 nitrogen and oxygen atoms in total. The number of hydrogen-bond donors (Lipinski definition) is 1. The van der Waals surface area contributed by atoms with Crippen molar-refractivity contribution in [1.82, 2.24) is 15.1 Å². The predicted molar refractivity (Wildman–Crippen MR) is 73.1 cm³/mol. The van der Waals surface area contributed by atoms with Crippen molar-refractivity contribution in [1.29, 1.82) is 0 Å². The zero-order valence-corrected chi connectivity index (χ0v) is 11.7. The van der Waals surface area contributed by atoms with Crippen molar-refractivity contribution in [2.24, 2.45) is 13.0 Å². The van der Waals surface area contributed by atoms with Crippen LogP contribution in [-0.4, -0.2) is 22.4 Å². The molecular weight excluding hydrogens is 210 g/mol. The maximum absolute atomic E-state index is 4.22.